The highest BCUT2D eigenvalue weighted by molar-refractivity contribution is 6.14. The molecule has 124 valence electrons. The number of rotatable bonds is 3. The van der Waals surface area contributed by atoms with Crippen LogP contribution >= 0.6 is 0 Å². The Hall–Kier alpha value is -3.68. The van der Waals surface area contributed by atoms with E-state index in [0.29, 0.717) is 39.3 Å². The van der Waals surface area contributed by atoms with E-state index in [-0.39, 0.29) is 5.91 Å². The van der Waals surface area contributed by atoms with Crippen LogP contribution in [0, 0.1) is 0 Å². The summed E-state index contributed by atoms with van der Waals surface area (Å²) in [6, 6.07) is 8.60. The zero-order chi connectivity index (χ0) is 17.4. The molecule has 0 spiro atoms. The van der Waals surface area contributed by atoms with Crippen molar-refractivity contribution in [3.05, 3.63) is 48.4 Å². The summed E-state index contributed by atoms with van der Waals surface area (Å²) in [6.07, 6.45) is 2.88. The molecule has 0 unspecified atom stereocenters. The molecule has 2 heterocycles. The Morgan fingerprint density at radius 1 is 1.28 bits per heavy atom. The number of hydrogen-bond donors (Lipinski definition) is 2. The molecule has 0 aliphatic rings. The molecule has 4 rings (SSSR count). The Kier molecular flexibility index (Phi) is 3.42. The molecule has 0 fully saturated rings. The lowest BCUT2D eigenvalue weighted by Gasteiger charge is -2.09. The fourth-order valence-corrected chi connectivity index (χ4v) is 2.65. The van der Waals surface area contributed by atoms with Crippen molar-refractivity contribution in [2.75, 3.05) is 18.2 Å². The number of nitrogens with one attached hydrogen (secondary N) is 1. The lowest BCUT2D eigenvalue weighted by Crippen LogP contribution is -2.13. The lowest BCUT2D eigenvalue weighted by atomic mass is 10.1. The van der Waals surface area contributed by atoms with E-state index >= 15 is 0 Å². The van der Waals surface area contributed by atoms with Gasteiger partial charge < -0.3 is 20.3 Å². The molecule has 1 amide bonds. The maximum atomic E-state index is 12.8. The minimum absolute atomic E-state index is 0.318. The van der Waals surface area contributed by atoms with Crippen molar-refractivity contribution in [2.45, 2.75) is 0 Å². The minimum Gasteiger partial charge on any atom is -0.497 e. The van der Waals surface area contributed by atoms with E-state index in [2.05, 4.69) is 20.4 Å². The first-order valence-electron chi connectivity index (χ1n) is 7.40. The Morgan fingerprint density at radius 3 is 3.00 bits per heavy atom. The Balaban J connectivity index is 1.79. The van der Waals surface area contributed by atoms with Crippen molar-refractivity contribution in [3.8, 4) is 5.75 Å². The normalized spacial score (nSPS) is 10.9. The van der Waals surface area contributed by atoms with Crippen LogP contribution in [0.1, 0.15) is 10.4 Å². The van der Waals surface area contributed by atoms with Crippen molar-refractivity contribution in [2.24, 2.45) is 0 Å². The maximum absolute atomic E-state index is 12.8. The average Bonchev–Trinajstić information content (AvgIpc) is 3.10. The van der Waals surface area contributed by atoms with Gasteiger partial charge in [-0.05, 0) is 18.2 Å². The number of nitrogens with two attached hydrogens (primary N) is 1. The molecule has 0 saturated heterocycles. The zero-order valence-electron chi connectivity index (χ0n) is 13.2. The van der Waals surface area contributed by atoms with Crippen LogP contribution in [0.25, 0.3) is 21.9 Å². The SMILES string of the molecule is COc1cc(NC(=O)c2cccc3c(N)ncnc23)c2oncc2c1. The van der Waals surface area contributed by atoms with Gasteiger partial charge in [-0.15, -0.1) is 0 Å². The molecule has 2 aromatic heterocycles. The van der Waals surface area contributed by atoms with Crippen LogP contribution < -0.4 is 15.8 Å². The van der Waals surface area contributed by atoms with Gasteiger partial charge in [0, 0.05) is 16.8 Å². The van der Waals surface area contributed by atoms with Crippen LogP contribution in [0.5, 0.6) is 5.75 Å². The molecule has 0 radical (unpaired) electrons. The molecule has 0 aliphatic heterocycles. The monoisotopic (exact) mass is 335 g/mol. The van der Waals surface area contributed by atoms with E-state index in [1.807, 2.05) is 0 Å². The number of benzene rings is 2. The van der Waals surface area contributed by atoms with Crippen molar-refractivity contribution in [1.29, 1.82) is 0 Å². The molecule has 8 nitrogen and oxygen atoms in total. The van der Waals surface area contributed by atoms with Crippen LogP contribution in [0.3, 0.4) is 0 Å². The third-order valence-electron chi connectivity index (χ3n) is 3.85. The largest absolute Gasteiger partial charge is 0.497 e. The van der Waals surface area contributed by atoms with Gasteiger partial charge in [0.25, 0.3) is 5.91 Å². The van der Waals surface area contributed by atoms with E-state index in [0.717, 1.165) is 5.39 Å². The highest BCUT2D eigenvalue weighted by Gasteiger charge is 2.16. The van der Waals surface area contributed by atoms with Crippen molar-refractivity contribution in [3.63, 3.8) is 0 Å². The van der Waals surface area contributed by atoms with Gasteiger partial charge in [0.1, 0.15) is 17.9 Å². The first kappa shape index (κ1) is 14.9. The third kappa shape index (κ3) is 2.49. The molecule has 4 aromatic rings. The fraction of sp³-hybridized carbons (Fsp3) is 0.0588. The van der Waals surface area contributed by atoms with Gasteiger partial charge in [-0.1, -0.05) is 11.2 Å². The molecule has 0 saturated carbocycles. The van der Waals surface area contributed by atoms with Gasteiger partial charge in [0.2, 0.25) is 0 Å². The molecular weight excluding hydrogens is 322 g/mol. The van der Waals surface area contributed by atoms with Crippen LogP contribution in [0.2, 0.25) is 0 Å². The van der Waals surface area contributed by atoms with Crippen LogP contribution in [0.4, 0.5) is 11.5 Å². The highest BCUT2D eigenvalue weighted by atomic mass is 16.5. The summed E-state index contributed by atoms with van der Waals surface area (Å²) in [7, 11) is 1.55. The number of nitrogens with zero attached hydrogens (tertiary/aromatic N) is 3. The average molecular weight is 335 g/mol. The fourth-order valence-electron chi connectivity index (χ4n) is 2.65. The summed E-state index contributed by atoms with van der Waals surface area (Å²) >= 11 is 0. The molecule has 0 atom stereocenters. The number of methoxy groups -OCH3 is 1. The Labute approximate surface area is 141 Å². The molecule has 2 aromatic carbocycles. The topological polar surface area (TPSA) is 116 Å². The van der Waals surface area contributed by atoms with Gasteiger partial charge >= 0.3 is 0 Å². The second kappa shape index (κ2) is 5.75. The van der Waals surface area contributed by atoms with E-state index < -0.39 is 0 Å². The van der Waals surface area contributed by atoms with E-state index in [1.165, 1.54) is 6.33 Å². The van der Waals surface area contributed by atoms with Gasteiger partial charge in [-0.25, -0.2) is 9.97 Å². The molecule has 25 heavy (non-hydrogen) atoms. The number of hydrogen-bond acceptors (Lipinski definition) is 7. The predicted octanol–water partition coefficient (Wildman–Crippen LogP) is 2.61. The number of fused-ring (bicyclic) bond motifs is 2. The molecule has 0 bridgehead atoms. The first-order chi connectivity index (χ1) is 12.2. The van der Waals surface area contributed by atoms with E-state index in [1.54, 1.807) is 43.6 Å². The number of amides is 1. The summed E-state index contributed by atoms with van der Waals surface area (Å²) in [4.78, 5) is 20.9. The summed E-state index contributed by atoms with van der Waals surface area (Å²) in [5.74, 6) is 0.545. The predicted molar refractivity (Wildman–Crippen MR) is 92.5 cm³/mol. The standard InChI is InChI=1S/C17H13N5O3/c1-24-10-5-9-7-21-25-15(9)13(6-10)22-17(23)12-4-2-3-11-14(12)19-8-20-16(11)18/h2-8H,1H3,(H,22,23)(H2,18,19,20). The minimum atomic E-state index is -0.352. The third-order valence-corrected chi connectivity index (χ3v) is 3.85. The van der Waals surface area contributed by atoms with Crippen LogP contribution in [0.15, 0.2) is 47.4 Å². The number of ether oxygens (including phenoxy) is 1. The molecule has 3 N–H and O–H groups in total. The van der Waals surface area contributed by atoms with Crippen molar-refractivity contribution >= 4 is 39.3 Å². The summed E-state index contributed by atoms with van der Waals surface area (Å²) < 4.78 is 10.5. The summed E-state index contributed by atoms with van der Waals surface area (Å²) in [5.41, 5.74) is 7.62. The first-order valence-corrected chi connectivity index (χ1v) is 7.40. The van der Waals surface area contributed by atoms with E-state index in [9.17, 15) is 4.79 Å². The van der Waals surface area contributed by atoms with Gasteiger partial charge in [-0.3, -0.25) is 4.79 Å². The number of anilines is 2. The molecule has 8 heteroatoms. The number of aromatic nitrogens is 3. The van der Waals surface area contributed by atoms with Gasteiger partial charge in [0.15, 0.2) is 5.58 Å². The van der Waals surface area contributed by atoms with Gasteiger partial charge in [-0.2, -0.15) is 0 Å². The number of carbonyl (C=O) groups excluding carboxylic acids is 1. The number of nitrogen functional groups attached to an aromatic ring is 1. The van der Waals surface area contributed by atoms with Crippen molar-refractivity contribution in [1.82, 2.24) is 15.1 Å². The highest BCUT2D eigenvalue weighted by Crippen LogP contribution is 2.30. The second-order valence-corrected chi connectivity index (χ2v) is 5.33. The molecular formula is C17H13N5O3. The maximum Gasteiger partial charge on any atom is 0.257 e. The second-order valence-electron chi connectivity index (χ2n) is 5.33. The quantitative estimate of drug-likeness (QED) is 0.591. The van der Waals surface area contributed by atoms with Crippen molar-refractivity contribution < 1.29 is 14.1 Å². The number of para-hydroxylation sites is 1. The summed E-state index contributed by atoms with van der Waals surface area (Å²) in [5, 5.41) is 7.92. The zero-order valence-corrected chi connectivity index (χ0v) is 13.2. The lowest BCUT2D eigenvalue weighted by molar-refractivity contribution is 0.102. The van der Waals surface area contributed by atoms with Crippen LogP contribution in [-0.4, -0.2) is 28.1 Å². The molecule has 0 aliphatic carbocycles. The summed E-state index contributed by atoms with van der Waals surface area (Å²) in [6.45, 7) is 0. The van der Waals surface area contributed by atoms with Crippen LogP contribution in [-0.2, 0) is 0 Å². The Morgan fingerprint density at radius 2 is 2.16 bits per heavy atom. The van der Waals surface area contributed by atoms with E-state index in [4.69, 9.17) is 15.0 Å². The Bertz CT molecular complexity index is 1110. The smallest absolute Gasteiger partial charge is 0.257 e. The number of carbonyl (C=O) groups is 1. The van der Waals surface area contributed by atoms with Gasteiger partial charge in [0.05, 0.1) is 30.1 Å².